The van der Waals surface area contributed by atoms with Gasteiger partial charge in [-0.2, -0.15) is 0 Å². The van der Waals surface area contributed by atoms with Crippen molar-refractivity contribution >= 4 is 11.6 Å². The first-order valence-corrected chi connectivity index (χ1v) is 8.69. The van der Waals surface area contributed by atoms with Gasteiger partial charge in [0, 0.05) is 25.2 Å². The molecule has 0 unspecified atom stereocenters. The molecule has 2 aromatic carbocycles. The Morgan fingerprint density at radius 1 is 1.21 bits per heavy atom. The van der Waals surface area contributed by atoms with Crippen LogP contribution in [-0.2, 0) is 0 Å². The first kappa shape index (κ1) is 21.2. The van der Waals surface area contributed by atoms with E-state index >= 15 is 0 Å². The summed E-state index contributed by atoms with van der Waals surface area (Å²) in [6.07, 6.45) is -0.914. The standard InChI is InChI=1S/C20H24N2O6/c1-13-5-7-18(14(2)9-13)28-12-16(23)11-21(3)20(24)15-6-8-19(27-4)17(10-15)22(25)26/h5-10,16,23H,11-12H2,1-4H3/t16-/m1/s1. The molecule has 28 heavy (non-hydrogen) atoms. The average Bonchev–Trinajstić information content (AvgIpc) is 2.66. The lowest BCUT2D eigenvalue weighted by Crippen LogP contribution is -2.37. The number of carbonyl (C=O) groups is 1. The SMILES string of the molecule is COc1ccc(C(=O)N(C)C[C@@H](O)COc2ccc(C)cc2C)cc1[N+](=O)[O-]. The van der Waals surface area contributed by atoms with Crippen molar-refractivity contribution in [2.24, 2.45) is 0 Å². The van der Waals surface area contributed by atoms with Gasteiger partial charge in [0.05, 0.1) is 12.0 Å². The van der Waals surface area contributed by atoms with Gasteiger partial charge in [-0.3, -0.25) is 14.9 Å². The van der Waals surface area contributed by atoms with Crippen molar-refractivity contribution < 1.29 is 24.3 Å². The Hall–Kier alpha value is -3.13. The lowest BCUT2D eigenvalue weighted by atomic mass is 10.1. The van der Waals surface area contributed by atoms with E-state index in [9.17, 15) is 20.0 Å². The minimum atomic E-state index is -0.914. The third-order valence-electron chi connectivity index (χ3n) is 4.22. The van der Waals surface area contributed by atoms with Crippen LogP contribution in [0.4, 0.5) is 5.69 Å². The lowest BCUT2D eigenvalue weighted by molar-refractivity contribution is -0.385. The number of aliphatic hydroxyl groups excluding tert-OH is 1. The molecule has 0 aliphatic heterocycles. The molecule has 0 bridgehead atoms. The fraction of sp³-hybridized carbons (Fsp3) is 0.350. The predicted molar refractivity (Wildman–Crippen MR) is 104 cm³/mol. The van der Waals surface area contributed by atoms with E-state index in [0.29, 0.717) is 5.75 Å². The van der Waals surface area contributed by atoms with Crippen LogP contribution in [0.25, 0.3) is 0 Å². The van der Waals surface area contributed by atoms with Gasteiger partial charge in [0.2, 0.25) is 0 Å². The van der Waals surface area contributed by atoms with E-state index in [-0.39, 0.29) is 30.2 Å². The minimum Gasteiger partial charge on any atom is -0.491 e. The predicted octanol–water partition coefficient (Wildman–Crippen LogP) is 2.73. The number of nitrogens with zero attached hydrogens (tertiary/aromatic N) is 2. The Morgan fingerprint density at radius 3 is 2.50 bits per heavy atom. The van der Waals surface area contributed by atoms with Gasteiger partial charge in [-0.05, 0) is 37.6 Å². The number of rotatable bonds is 8. The Morgan fingerprint density at radius 2 is 1.89 bits per heavy atom. The zero-order valence-electron chi connectivity index (χ0n) is 16.3. The Labute approximate surface area is 163 Å². The number of aliphatic hydroxyl groups is 1. The smallest absolute Gasteiger partial charge is 0.311 e. The highest BCUT2D eigenvalue weighted by Gasteiger charge is 2.21. The van der Waals surface area contributed by atoms with Crippen LogP contribution in [0.2, 0.25) is 0 Å². The molecule has 8 nitrogen and oxygen atoms in total. The van der Waals surface area contributed by atoms with Crippen molar-refractivity contribution in [3.8, 4) is 11.5 Å². The molecule has 150 valence electrons. The van der Waals surface area contributed by atoms with E-state index in [1.54, 1.807) is 0 Å². The summed E-state index contributed by atoms with van der Waals surface area (Å²) in [7, 11) is 2.83. The van der Waals surface area contributed by atoms with Gasteiger partial charge in [0.25, 0.3) is 5.91 Å². The summed E-state index contributed by atoms with van der Waals surface area (Å²) in [5, 5.41) is 21.3. The largest absolute Gasteiger partial charge is 0.491 e. The number of benzene rings is 2. The second-order valence-electron chi connectivity index (χ2n) is 6.56. The molecule has 0 heterocycles. The van der Waals surface area contributed by atoms with E-state index < -0.39 is 16.9 Å². The summed E-state index contributed by atoms with van der Waals surface area (Å²) in [5.74, 6) is 0.298. The first-order chi connectivity index (χ1) is 13.2. The fourth-order valence-electron chi connectivity index (χ4n) is 2.79. The number of methoxy groups -OCH3 is 1. The van der Waals surface area contributed by atoms with Crippen LogP contribution >= 0.6 is 0 Å². The van der Waals surface area contributed by atoms with Gasteiger partial charge in [-0.25, -0.2) is 0 Å². The highest BCUT2D eigenvalue weighted by Crippen LogP contribution is 2.28. The first-order valence-electron chi connectivity index (χ1n) is 8.69. The Kier molecular flexibility index (Phi) is 6.94. The summed E-state index contributed by atoms with van der Waals surface area (Å²) in [4.78, 5) is 24.3. The van der Waals surface area contributed by atoms with Gasteiger partial charge in [-0.1, -0.05) is 17.7 Å². The van der Waals surface area contributed by atoms with E-state index in [1.807, 2.05) is 32.0 Å². The fourth-order valence-corrected chi connectivity index (χ4v) is 2.79. The molecule has 1 atom stereocenters. The lowest BCUT2D eigenvalue weighted by Gasteiger charge is -2.21. The summed E-state index contributed by atoms with van der Waals surface area (Å²) < 4.78 is 10.6. The molecule has 0 aliphatic carbocycles. The highest BCUT2D eigenvalue weighted by molar-refractivity contribution is 5.95. The maximum absolute atomic E-state index is 12.5. The average molecular weight is 388 g/mol. The second-order valence-corrected chi connectivity index (χ2v) is 6.56. The molecule has 1 amide bonds. The zero-order valence-corrected chi connectivity index (χ0v) is 16.3. The zero-order chi connectivity index (χ0) is 20.8. The van der Waals surface area contributed by atoms with E-state index in [2.05, 4.69) is 0 Å². The summed E-state index contributed by atoms with van der Waals surface area (Å²) in [6.45, 7) is 3.94. The number of nitro benzene ring substituents is 1. The molecule has 0 radical (unpaired) electrons. The highest BCUT2D eigenvalue weighted by atomic mass is 16.6. The van der Waals surface area contributed by atoms with Gasteiger partial charge in [-0.15, -0.1) is 0 Å². The minimum absolute atomic E-state index is 0.0174. The van der Waals surface area contributed by atoms with Crippen molar-refractivity contribution in [1.82, 2.24) is 4.90 Å². The number of ether oxygens (including phenoxy) is 2. The maximum atomic E-state index is 12.5. The number of hydrogen-bond acceptors (Lipinski definition) is 6. The molecule has 2 aromatic rings. The van der Waals surface area contributed by atoms with Gasteiger partial charge >= 0.3 is 5.69 Å². The van der Waals surface area contributed by atoms with Gasteiger partial charge in [0.15, 0.2) is 5.75 Å². The van der Waals surface area contributed by atoms with Crippen molar-refractivity contribution in [2.75, 3.05) is 27.3 Å². The molecule has 2 rings (SSSR count). The summed E-state index contributed by atoms with van der Waals surface area (Å²) in [6, 6.07) is 9.72. The number of nitro groups is 1. The Bertz CT molecular complexity index is 868. The second kappa shape index (κ2) is 9.18. The van der Waals surface area contributed by atoms with Crippen LogP contribution in [0.3, 0.4) is 0 Å². The molecule has 0 aliphatic rings. The number of carbonyl (C=O) groups excluding carboxylic acids is 1. The van der Waals surface area contributed by atoms with Crippen LogP contribution in [-0.4, -0.2) is 54.3 Å². The molecular formula is C20H24N2O6. The number of likely N-dealkylation sites (N-methyl/N-ethyl adjacent to an activating group) is 1. The number of amides is 1. The molecule has 0 saturated carbocycles. The van der Waals surface area contributed by atoms with Crippen molar-refractivity contribution in [1.29, 1.82) is 0 Å². The van der Waals surface area contributed by atoms with Crippen molar-refractivity contribution in [2.45, 2.75) is 20.0 Å². The summed E-state index contributed by atoms with van der Waals surface area (Å²) in [5.41, 5.74) is 1.92. The van der Waals surface area contributed by atoms with Crippen LogP contribution in [0, 0.1) is 24.0 Å². The topological polar surface area (TPSA) is 102 Å². The van der Waals surface area contributed by atoms with Crippen LogP contribution in [0.5, 0.6) is 11.5 Å². The quantitative estimate of drug-likeness (QED) is 0.551. The number of aryl methyl sites for hydroxylation is 2. The molecule has 0 spiro atoms. The monoisotopic (exact) mass is 388 g/mol. The van der Waals surface area contributed by atoms with Gasteiger partial charge in [0.1, 0.15) is 18.5 Å². The maximum Gasteiger partial charge on any atom is 0.311 e. The normalized spacial score (nSPS) is 11.6. The third kappa shape index (κ3) is 5.20. The molecule has 0 saturated heterocycles. The Balaban J connectivity index is 1.99. The third-order valence-corrected chi connectivity index (χ3v) is 4.22. The molecule has 0 fully saturated rings. The van der Waals surface area contributed by atoms with Crippen molar-refractivity contribution in [3.63, 3.8) is 0 Å². The van der Waals surface area contributed by atoms with Crippen LogP contribution in [0.1, 0.15) is 21.5 Å². The van der Waals surface area contributed by atoms with Crippen molar-refractivity contribution in [3.05, 3.63) is 63.2 Å². The van der Waals surface area contributed by atoms with E-state index in [4.69, 9.17) is 9.47 Å². The van der Waals surface area contributed by atoms with Gasteiger partial charge < -0.3 is 19.5 Å². The van der Waals surface area contributed by atoms with Crippen LogP contribution < -0.4 is 9.47 Å². The summed E-state index contributed by atoms with van der Waals surface area (Å²) >= 11 is 0. The molecule has 1 N–H and O–H groups in total. The van der Waals surface area contributed by atoms with E-state index in [0.717, 1.165) is 17.2 Å². The molecule has 8 heteroatoms. The molecule has 0 aromatic heterocycles. The van der Waals surface area contributed by atoms with Crippen LogP contribution in [0.15, 0.2) is 36.4 Å². The molecular weight excluding hydrogens is 364 g/mol. The number of hydrogen-bond donors (Lipinski definition) is 1. The van der Waals surface area contributed by atoms with E-state index in [1.165, 1.54) is 31.2 Å².